The van der Waals surface area contributed by atoms with Crippen LogP contribution in [0.5, 0.6) is 0 Å². The zero-order chi connectivity index (χ0) is 15.5. The highest BCUT2D eigenvalue weighted by Crippen LogP contribution is 2.29. The van der Waals surface area contributed by atoms with Crippen LogP contribution in [-0.4, -0.2) is 15.0 Å². The van der Waals surface area contributed by atoms with Crippen LogP contribution >= 0.6 is 27.5 Å². The number of halogens is 2. The highest BCUT2D eigenvalue weighted by molar-refractivity contribution is 9.10. The Bertz CT molecular complexity index is 750. The molecule has 0 aliphatic carbocycles. The predicted octanol–water partition coefficient (Wildman–Crippen LogP) is 4.34. The molecule has 0 fully saturated rings. The molecule has 0 atom stereocenters. The van der Waals surface area contributed by atoms with E-state index in [4.69, 9.17) is 11.6 Å². The lowest BCUT2D eigenvalue weighted by Gasteiger charge is -2.14. The number of rotatable bonds is 5. The highest BCUT2D eigenvalue weighted by atomic mass is 79.9. The van der Waals surface area contributed by atoms with Gasteiger partial charge in [0, 0.05) is 11.0 Å². The summed E-state index contributed by atoms with van der Waals surface area (Å²) >= 11 is 9.32. The average molecular weight is 390 g/mol. The number of benzene rings is 2. The molecule has 0 heterocycles. The molecule has 0 amide bonds. The lowest BCUT2D eigenvalue weighted by molar-refractivity contribution is 0.601. The minimum atomic E-state index is -3.72. The van der Waals surface area contributed by atoms with Crippen molar-refractivity contribution in [3.8, 4) is 0 Å². The average Bonchev–Trinajstić information content (AvgIpc) is 2.43. The van der Waals surface area contributed by atoms with E-state index in [9.17, 15) is 8.42 Å². The first kappa shape index (κ1) is 16.1. The molecule has 0 saturated carbocycles. The maximum absolute atomic E-state index is 12.5. The predicted molar refractivity (Wildman–Crippen MR) is 90.6 cm³/mol. The molecule has 7 heteroatoms. The van der Waals surface area contributed by atoms with Crippen LogP contribution in [0.4, 0.5) is 11.4 Å². The molecule has 4 nitrogen and oxygen atoms in total. The van der Waals surface area contributed by atoms with E-state index in [0.717, 1.165) is 4.47 Å². The molecule has 21 heavy (non-hydrogen) atoms. The Morgan fingerprint density at radius 2 is 1.86 bits per heavy atom. The molecule has 112 valence electrons. The van der Waals surface area contributed by atoms with Gasteiger partial charge in [-0.25, -0.2) is 8.42 Å². The van der Waals surface area contributed by atoms with Gasteiger partial charge < -0.3 is 5.32 Å². The molecule has 2 aromatic rings. The topological polar surface area (TPSA) is 58.2 Å². The maximum Gasteiger partial charge on any atom is 0.263 e. The molecule has 0 aliphatic heterocycles. The fraction of sp³-hybridized carbons (Fsp3) is 0.143. The van der Waals surface area contributed by atoms with Gasteiger partial charge in [-0.3, -0.25) is 4.72 Å². The van der Waals surface area contributed by atoms with Gasteiger partial charge in [-0.1, -0.05) is 39.7 Å². The Hall–Kier alpha value is -1.24. The first-order valence-electron chi connectivity index (χ1n) is 6.25. The quantitative estimate of drug-likeness (QED) is 0.800. The van der Waals surface area contributed by atoms with Crippen LogP contribution in [0.1, 0.15) is 6.92 Å². The van der Waals surface area contributed by atoms with Crippen LogP contribution in [0.25, 0.3) is 0 Å². The first-order chi connectivity index (χ1) is 9.94. The second-order valence-electron chi connectivity index (χ2n) is 4.26. The summed E-state index contributed by atoms with van der Waals surface area (Å²) in [6.45, 7) is 2.53. The van der Waals surface area contributed by atoms with E-state index in [0.29, 0.717) is 22.9 Å². The third-order valence-electron chi connectivity index (χ3n) is 2.72. The summed E-state index contributed by atoms with van der Waals surface area (Å²) in [7, 11) is -3.72. The van der Waals surface area contributed by atoms with Gasteiger partial charge in [0.05, 0.1) is 16.4 Å². The monoisotopic (exact) mass is 388 g/mol. The smallest absolute Gasteiger partial charge is 0.263 e. The molecule has 2 aromatic carbocycles. The van der Waals surface area contributed by atoms with Gasteiger partial charge in [-0.2, -0.15) is 0 Å². The van der Waals surface area contributed by atoms with Crippen LogP contribution in [0.15, 0.2) is 51.8 Å². The van der Waals surface area contributed by atoms with Crippen molar-refractivity contribution in [2.75, 3.05) is 16.6 Å². The number of nitrogens with one attached hydrogen (secondary N) is 2. The zero-order valence-electron chi connectivity index (χ0n) is 11.2. The molecule has 0 bridgehead atoms. The number of hydrogen-bond donors (Lipinski definition) is 2. The van der Waals surface area contributed by atoms with E-state index in [1.807, 2.05) is 6.92 Å². The summed E-state index contributed by atoms with van der Waals surface area (Å²) in [5.74, 6) is 0. The lowest BCUT2D eigenvalue weighted by Crippen LogP contribution is -2.15. The van der Waals surface area contributed by atoms with Gasteiger partial charge in [0.2, 0.25) is 0 Å². The Kier molecular flexibility index (Phi) is 5.13. The van der Waals surface area contributed by atoms with E-state index in [2.05, 4.69) is 26.0 Å². The minimum absolute atomic E-state index is 0.183. The molecule has 2 N–H and O–H groups in total. The molecule has 0 saturated heterocycles. The van der Waals surface area contributed by atoms with Crippen molar-refractivity contribution in [3.05, 3.63) is 52.0 Å². The van der Waals surface area contributed by atoms with Crippen LogP contribution in [0.3, 0.4) is 0 Å². The van der Waals surface area contributed by atoms with E-state index in [-0.39, 0.29) is 4.90 Å². The second-order valence-corrected chi connectivity index (χ2v) is 7.23. The van der Waals surface area contributed by atoms with Crippen LogP contribution in [0, 0.1) is 0 Å². The summed E-state index contributed by atoms with van der Waals surface area (Å²) < 4.78 is 28.3. The molecule has 0 aromatic heterocycles. The third-order valence-corrected chi connectivity index (χ3v) is 4.96. The Morgan fingerprint density at radius 3 is 2.57 bits per heavy atom. The summed E-state index contributed by atoms with van der Waals surface area (Å²) in [4.78, 5) is 0.183. The van der Waals surface area contributed by atoms with Gasteiger partial charge in [-0.15, -0.1) is 0 Å². The number of hydrogen-bond acceptors (Lipinski definition) is 3. The third kappa shape index (κ3) is 3.90. The zero-order valence-corrected chi connectivity index (χ0v) is 14.4. The van der Waals surface area contributed by atoms with Crippen molar-refractivity contribution < 1.29 is 8.42 Å². The van der Waals surface area contributed by atoms with E-state index < -0.39 is 10.0 Å². The van der Waals surface area contributed by atoms with Gasteiger partial charge in [0.15, 0.2) is 0 Å². The summed E-state index contributed by atoms with van der Waals surface area (Å²) in [6.07, 6.45) is 0. The Labute approximate surface area is 137 Å². The molecule has 2 rings (SSSR count). The van der Waals surface area contributed by atoms with Gasteiger partial charge in [-0.05, 0) is 37.3 Å². The summed E-state index contributed by atoms with van der Waals surface area (Å²) in [5.41, 5.74) is 0.885. The van der Waals surface area contributed by atoms with E-state index in [1.165, 1.54) is 0 Å². The maximum atomic E-state index is 12.5. The SMILES string of the molecule is CCNc1ccccc1S(=O)(=O)Nc1cc(Br)ccc1Cl. The van der Waals surface area contributed by atoms with Crippen molar-refractivity contribution >= 4 is 48.9 Å². The van der Waals surface area contributed by atoms with Crippen LogP contribution in [0.2, 0.25) is 5.02 Å². The van der Waals surface area contributed by atoms with Crippen molar-refractivity contribution in [1.82, 2.24) is 0 Å². The Morgan fingerprint density at radius 1 is 1.14 bits per heavy atom. The first-order valence-corrected chi connectivity index (χ1v) is 8.90. The van der Waals surface area contributed by atoms with Gasteiger partial charge in [0.25, 0.3) is 10.0 Å². The van der Waals surface area contributed by atoms with Crippen molar-refractivity contribution in [2.45, 2.75) is 11.8 Å². The molecule has 0 aliphatic rings. The second kappa shape index (κ2) is 6.68. The van der Waals surface area contributed by atoms with Crippen LogP contribution < -0.4 is 10.0 Å². The largest absolute Gasteiger partial charge is 0.384 e. The fourth-order valence-corrected chi connectivity index (χ4v) is 3.65. The summed E-state index contributed by atoms with van der Waals surface area (Å²) in [6, 6.07) is 11.7. The van der Waals surface area contributed by atoms with Gasteiger partial charge in [0.1, 0.15) is 4.90 Å². The van der Waals surface area contributed by atoms with E-state index >= 15 is 0 Å². The number of sulfonamides is 1. The molecule has 0 unspecified atom stereocenters. The minimum Gasteiger partial charge on any atom is -0.384 e. The van der Waals surface area contributed by atoms with Crippen molar-refractivity contribution in [1.29, 1.82) is 0 Å². The molecular weight excluding hydrogens is 376 g/mol. The van der Waals surface area contributed by atoms with Gasteiger partial charge >= 0.3 is 0 Å². The molecule has 0 spiro atoms. The van der Waals surface area contributed by atoms with Crippen molar-refractivity contribution in [3.63, 3.8) is 0 Å². The normalized spacial score (nSPS) is 11.2. The molecular formula is C14H14BrClN2O2S. The Balaban J connectivity index is 2.41. The van der Waals surface area contributed by atoms with Crippen molar-refractivity contribution in [2.24, 2.45) is 0 Å². The highest BCUT2D eigenvalue weighted by Gasteiger charge is 2.19. The number of anilines is 2. The van der Waals surface area contributed by atoms with Crippen LogP contribution in [-0.2, 0) is 10.0 Å². The van der Waals surface area contributed by atoms with E-state index in [1.54, 1.807) is 42.5 Å². The standard InChI is InChI=1S/C14H14BrClN2O2S/c1-2-17-12-5-3-4-6-14(12)21(19,20)18-13-9-10(15)7-8-11(13)16/h3-9,17-18H,2H2,1H3. The summed E-state index contributed by atoms with van der Waals surface area (Å²) in [5, 5.41) is 3.37. The fourth-order valence-electron chi connectivity index (χ4n) is 1.81. The molecule has 0 radical (unpaired) electrons. The number of para-hydroxylation sites is 1. The lowest BCUT2D eigenvalue weighted by atomic mass is 10.3.